The Morgan fingerprint density at radius 1 is 0.833 bits per heavy atom. The van der Waals surface area contributed by atoms with Crippen molar-refractivity contribution in [3.05, 3.63) is 42.2 Å². The fourth-order valence-corrected chi connectivity index (χ4v) is 3.57. The number of nitrogens with zero attached hydrogens (tertiary/aromatic N) is 2. The lowest BCUT2D eigenvalue weighted by Gasteiger charge is -2.09. The average molecular weight is 431 g/mol. The van der Waals surface area contributed by atoms with Gasteiger partial charge in [0.15, 0.2) is 5.82 Å². The van der Waals surface area contributed by atoms with Crippen LogP contribution in [0.3, 0.4) is 0 Å². The van der Waals surface area contributed by atoms with Crippen molar-refractivity contribution in [3.8, 4) is 17.1 Å². The Morgan fingerprint density at radius 2 is 1.43 bits per heavy atom. The molecule has 30 heavy (non-hydrogen) atoms. The van der Waals surface area contributed by atoms with E-state index < -0.39 is 0 Å². The largest absolute Gasteiger partial charge is 0.494 e. The van der Waals surface area contributed by atoms with Crippen LogP contribution in [0, 0.1) is 0 Å². The van der Waals surface area contributed by atoms with Gasteiger partial charge < -0.3 is 4.74 Å². The molecule has 0 bridgehead atoms. The highest BCUT2D eigenvalue weighted by Gasteiger charge is 2.04. The molecule has 2 rings (SSSR count). The third-order valence-electron chi connectivity index (χ3n) is 5.53. The van der Waals surface area contributed by atoms with Gasteiger partial charge >= 0.3 is 0 Å². The minimum atomic E-state index is 0.187. The van der Waals surface area contributed by atoms with Gasteiger partial charge in [-0.05, 0) is 55.5 Å². The predicted octanol–water partition coefficient (Wildman–Crippen LogP) is 8.00. The van der Waals surface area contributed by atoms with Crippen LogP contribution >= 0.6 is 11.6 Å². The van der Waals surface area contributed by atoms with E-state index in [1.165, 1.54) is 63.4 Å². The van der Waals surface area contributed by atoms with Gasteiger partial charge in [-0.25, -0.2) is 9.97 Å². The number of ether oxygens (including phenoxy) is 1. The number of aromatic nitrogens is 2. The van der Waals surface area contributed by atoms with Crippen molar-refractivity contribution >= 4 is 11.6 Å². The maximum absolute atomic E-state index is 6.13. The number of unbranched alkanes of at least 4 members (excludes halogenated alkanes) is 8. The number of rotatable bonds is 16. The van der Waals surface area contributed by atoms with Crippen LogP contribution in [0.15, 0.2) is 36.7 Å². The number of hydrogen-bond acceptors (Lipinski definition) is 3. The van der Waals surface area contributed by atoms with Crippen LogP contribution in [0.25, 0.3) is 11.4 Å². The molecule has 2 aromatic rings. The third kappa shape index (κ3) is 9.93. The average Bonchev–Trinajstić information content (AvgIpc) is 2.79. The molecule has 0 aliphatic heterocycles. The van der Waals surface area contributed by atoms with E-state index in [9.17, 15) is 0 Å². The number of benzene rings is 1. The standard InChI is InChI=1S/C26H39ClN2O/c1-3-5-6-7-8-9-10-11-12-13-22-20-28-26(29-21-22)23-14-16-25(17-15-23)30-19-18-24(27)4-2/h14-17,20-21,24H,3-13,18-19H2,1-2H3. The second kappa shape index (κ2) is 15.2. The van der Waals surface area contributed by atoms with Crippen LogP contribution in [0.2, 0.25) is 0 Å². The van der Waals surface area contributed by atoms with Gasteiger partial charge in [-0.1, -0.05) is 65.2 Å². The van der Waals surface area contributed by atoms with Crippen molar-refractivity contribution in [2.45, 2.75) is 96.3 Å². The van der Waals surface area contributed by atoms with Crippen molar-refractivity contribution in [2.24, 2.45) is 0 Å². The van der Waals surface area contributed by atoms with Gasteiger partial charge in [0.2, 0.25) is 0 Å². The molecule has 0 amide bonds. The number of alkyl halides is 1. The van der Waals surface area contributed by atoms with E-state index in [-0.39, 0.29) is 5.38 Å². The molecule has 0 aliphatic rings. The van der Waals surface area contributed by atoms with Crippen molar-refractivity contribution in [2.75, 3.05) is 6.61 Å². The summed E-state index contributed by atoms with van der Waals surface area (Å²) in [5.74, 6) is 1.63. The maximum atomic E-state index is 6.13. The maximum Gasteiger partial charge on any atom is 0.159 e. The molecule has 1 heterocycles. The molecule has 0 saturated heterocycles. The Morgan fingerprint density at radius 3 is 2.03 bits per heavy atom. The lowest BCUT2D eigenvalue weighted by Crippen LogP contribution is -2.05. The minimum Gasteiger partial charge on any atom is -0.494 e. The van der Waals surface area contributed by atoms with Gasteiger partial charge in [-0.2, -0.15) is 0 Å². The molecule has 0 N–H and O–H groups in total. The number of aryl methyl sites for hydroxylation is 1. The summed E-state index contributed by atoms with van der Waals surface area (Å²) in [4.78, 5) is 9.13. The van der Waals surface area contributed by atoms with E-state index in [1.54, 1.807) is 0 Å². The smallest absolute Gasteiger partial charge is 0.159 e. The summed E-state index contributed by atoms with van der Waals surface area (Å²) in [5.41, 5.74) is 2.24. The molecule has 3 nitrogen and oxygen atoms in total. The highest BCUT2D eigenvalue weighted by atomic mass is 35.5. The van der Waals surface area contributed by atoms with Gasteiger partial charge in [0.1, 0.15) is 5.75 Å². The first-order chi connectivity index (χ1) is 14.7. The molecule has 0 saturated carbocycles. The summed E-state index contributed by atoms with van der Waals surface area (Å²) < 4.78 is 5.76. The zero-order valence-electron chi connectivity index (χ0n) is 18.9. The van der Waals surface area contributed by atoms with Gasteiger partial charge in [-0.3, -0.25) is 0 Å². The van der Waals surface area contributed by atoms with Crippen LogP contribution in [0.5, 0.6) is 5.75 Å². The third-order valence-corrected chi connectivity index (χ3v) is 6.06. The Balaban J connectivity index is 1.66. The molecule has 1 aromatic carbocycles. The molecule has 0 radical (unpaired) electrons. The fraction of sp³-hybridized carbons (Fsp3) is 0.615. The summed E-state index contributed by atoms with van der Waals surface area (Å²) in [6, 6.07) is 7.99. The van der Waals surface area contributed by atoms with Gasteiger partial charge in [-0.15, -0.1) is 11.6 Å². The molecule has 1 unspecified atom stereocenters. The number of halogens is 1. The molecular formula is C26H39ClN2O. The Kier molecular flexibility index (Phi) is 12.5. The second-order valence-electron chi connectivity index (χ2n) is 8.16. The lowest BCUT2D eigenvalue weighted by molar-refractivity contribution is 0.307. The minimum absolute atomic E-state index is 0.187. The van der Waals surface area contributed by atoms with Crippen LogP contribution in [-0.2, 0) is 6.42 Å². The van der Waals surface area contributed by atoms with Crippen LogP contribution in [-0.4, -0.2) is 22.0 Å². The summed E-state index contributed by atoms with van der Waals surface area (Å²) >= 11 is 6.13. The van der Waals surface area contributed by atoms with Crippen molar-refractivity contribution in [3.63, 3.8) is 0 Å². The molecule has 0 spiro atoms. The second-order valence-corrected chi connectivity index (χ2v) is 8.78. The van der Waals surface area contributed by atoms with Gasteiger partial charge in [0.25, 0.3) is 0 Å². The van der Waals surface area contributed by atoms with Gasteiger partial charge in [0, 0.05) is 23.3 Å². The van der Waals surface area contributed by atoms with E-state index in [4.69, 9.17) is 16.3 Å². The molecule has 4 heteroatoms. The van der Waals surface area contributed by atoms with Crippen molar-refractivity contribution in [1.29, 1.82) is 0 Å². The van der Waals surface area contributed by atoms with Crippen LogP contribution in [0.4, 0.5) is 0 Å². The summed E-state index contributed by atoms with van der Waals surface area (Å²) in [5, 5.41) is 0.187. The Labute approximate surface area is 188 Å². The molecule has 1 aromatic heterocycles. The SMILES string of the molecule is CCCCCCCCCCCc1cnc(-c2ccc(OCCC(Cl)CC)cc2)nc1. The first-order valence-corrected chi connectivity index (χ1v) is 12.3. The molecule has 0 aliphatic carbocycles. The van der Waals surface area contributed by atoms with Gasteiger partial charge in [0.05, 0.1) is 6.61 Å². The van der Waals surface area contributed by atoms with E-state index in [0.29, 0.717) is 6.61 Å². The first kappa shape index (κ1) is 24.7. The van der Waals surface area contributed by atoms with Crippen molar-refractivity contribution < 1.29 is 4.74 Å². The predicted molar refractivity (Wildman–Crippen MR) is 128 cm³/mol. The fourth-order valence-electron chi connectivity index (χ4n) is 3.48. The van der Waals surface area contributed by atoms with E-state index in [1.807, 2.05) is 36.7 Å². The molecule has 1 atom stereocenters. The summed E-state index contributed by atoms with van der Waals surface area (Å²) in [6.45, 7) is 5.01. The molecular weight excluding hydrogens is 392 g/mol. The highest BCUT2D eigenvalue weighted by Crippen LogP contribution is 2.20. The quantitative estimate of drug-likeness (QED) is 0.200. The zero-order valence-corrected chi connectivity index (χ0v) is 19.7. The highest BCUT2D eigenvalue weighted by molar-refractivity contribution is 6.20. The summed E-state index contributed by atoms with van der Waals surface area (Å²) in [6.07, 6.45) is 19.0. The monoisotopic (exact) mass is 430 g/mol. The topological polar surface area (TPSA) is 35.0 Å². The first-order valence-electron chi connectivity index (χ1n) is 11.9. The zero-order chi connectivity index (χ0) is 21.4. The van der Waals surface area contributed by atoms with E-state index in [0.717, 1.165) is 36.4 Å². The summed E-state index contributed by atoms with van der Waals surface area (Å²) in [7, 11) is 0. The van der Waals surface area contributed by atoms with E-state index in [2.05, 4.69) is 23.8 Å². The van der Waals surface area contributed by atoms with Crippen molar-refractivity contribution in [1.82, 2.24) is 9.97 Å². The number of hydrogen-bond donors (Lipinski definition) is 0. The molecule has 166 valence electrons. The Bertz CT molecular complexity index is 672. The molecule has 0 fully saturated rings. The van der Waals surface area contributed by atoms with Crippen LogP contribution < -0.4 is 4.74 Å². The Hall–Kier alpha value is -1.61. The van der Waals surface area contributed by atoms with E-state index >= 15 is 0 Å². The lowest BCUT2D eigenvalue weighted by atomic mass is 10.1. The normalized spacial score (nSPS) is 12.1. The van der Waals surface area contributed by atoms with Crippen LogP contribution in [0.1, 0.15) is 90.0 Å².